The van der Waals surface area contributed by atoms with Gasteiger partial charge >= 0.3 is 11.7 Å². The van der Waals surface area contributed by atoms with Crippen molar-refractivity contribution in [3.63, 3.8) is 0 Å². The van der Waals surface area contributed by atoms with E-state index in [1.165, 1.54) is 63.4 Å². The molecule has 0 amide bonds. The van der Waals surface area contributed by atoms with Gasteiger partial charge in [0, 0.05) is 37.6 Å². The topological polar surface area (TPSA) is 99.5 Å². The van der Waals surface area contributed by atoms with Crippen LogP contribution in [0.4, 0.5) is 10.0 Å². The van der Waals surface area contributed by atoms with Crippen molar-refractivity contribution in [3.8, 4) is 43.1 Å². The largest absolute Gasteiger partial charge is 0.495 e. The number of methoxy groups -OCH3 is 2. The van der Waals surface area contributed by atoms with Gasteiger partial charge in [-0.2, -0.15) is 0 Å². The van der Waals surface area contributed by atoms with E-state index >= 15 is 0 Å². The van der Waals surface area contributed by atoms with Crippen LogP contribution >= 0.6 is 56.7 Å². The van der Waals surface area contributed by atoms with Crippen molar-refractivity contribution in [2.45, 2.75) is 38.5 Å². The van der Waals surface area contributed by atoms with Crippen LogP contribution in [0.5, 0.6) is 11.5 Å². The summed E-state index contributed by atoms with van der Waals surface area (Å²) in [5.41, 5.74) is 4.60. The Kier molecular flexibility index (Phi) is 7.26. The molecule has 230 valence electrons. The number of thiophene rings is 5. The molecule has 0 aliphatic heterocycles. The van der Waals surface area contributed by atoms with Gasteiger partial charge in [-0.1, -0.05) is 73.5 Å². The van der Waals surface area contributed by atoms with E-state index in [2.05, 4.69) is 59.5 Å². The van der Waals surface area contributed by atoms with Crippen LogP contribution in [0.2, 0.25) is 0 Å². The Labute approximate surface area is 291 Å². The Balaban J connectivity index is 1.32. The highest BCUT2D eigenvalue weighted by molar-refractivity contribution is 7.33. The zero-order valence-corrected chi connectivity index (χ0v) is 29.9. The van der Waals surface area contributed by atoms with Gasteiger partial charge in [0.25, 0.3) is 0 Å². The first-order chi connectivity index (χ1) is 22.5. The molecule has 7 rings (SSSR count). The van der Waals surface area contributed by atoms with Gasteiger partial charge < -0.3 is 19.2 Å². The highest BCUT2D eigenvalue weighted by Crippen LogP contribution is 2.65. The summed E-state index contributed by atoms with van der Waals surface area (Å²) in [6, 6.07) is 9.52. The van der Waals surface area contributed by atoms with Gasteiger partial charge in [-0.15, -0.1) is 34.0 Å². The predicted octanol–water partition coefficient (Wildman–Crippen LogP) is 10.9. The quantitative estimate of drug-likeness (QED) is 0.0996. The lowest BCUT2D eigenvalue weighted by Gasteiger charge is -2.24. The minimum atomic E-state index is -0.314. The summed E-state index contributed by atoms with van der Waals surface area (Å²) in [6.45, 7) is 23.5. The fraction of sp³-hybridized carbons (Fsp3) is 0.235. The van der Waals surface area contributed by atoms with Crippen LogP contribution in [0, 0.1) is 35.8 Å². The number of nitrogens with zero attached hydrogens (tertiary/aromatic N) is 6. The van der Waals surface area contributed by atoms with Crippen molar-refractivity contribution in [2.75, 3.05) is 14.2 Å². The fourth-order valence-electron chi connectivity index (χ4n) is 6.29. The molecule has 2 aliphatic rings. The number of hydrogen-bond donors (Lipinski definition) is 0. The molecule has 8 nitrogen and oxygen atoms in total. The summed E-state index contributed by atoms with van der Waals surface area (Å²) in [5, 5.41) is 19.6. The molecule has 0 spiro atoms. The van der Waals surface area contributed by atoms with Crippen molar-refractivity contribution < 1.29 is 9.47 Å². The summed E-state index contributed by atoms with van der Waals surface area (Å²) in [4.78, 5) is 21.6. The average Bonchev–Trinajstić information content (AvgIpc) is 3.89. The number of fused-ring (bicyclic) bond motifs is 7. The van der Waals surface area contributed by atoms with Crippen LogP contribution in [-0.2, 0) is 10.8 Å². The highest BCUT2D eigenvalue weighted by Gasteiger charge is 2.46. The van der Waals surface area contributed by atoms with Crippen LogP contribution < -0.4 is 9.47 Å². The van der Waals surface area contributed by atoms with E-state index in [0.29, 0.717) is 21.5 Å². The second kappa shape index (κ2) is 11.0. The van der Waals surface area contributed by atoms with Crippen LogP contribution in [0.15, 0.2) is 28.2 Å². The third-order valence-corrected chi connectivity index (χ3v) is 14.5. The Morgan fingerprint density at radius 1 is 0.723 bits per heavy atom. The Bertz CT molecular complexity index is 2410. The molecule has 5 aromatic heterocycles. The molecular formula is C34H22N6O2S5. The monoisotopic (exact) mass is 706 g/mol. The number of hydrogen-bond acceptors (Lipinski definition) is 11. The summed E-state index contributed by atoms with van der Waals surface area (Å²) < 4.78 is 14.1. The molecule has 13 heteroatoms. The molecular weight excluding hydrogens is 685 g/mol. The van der Waals surface area contributed by atoms with Crippen LogP contribution in [0.1, 0.15) is 54.1 Å². The predicted molar refractivity (Wildman–Crippen MR) is 195 cm³/mol. The fourth-order valence-corrected chi connectivity index (χ4v) is 13.5. The standard InChI is InChI=1S/C34H22N6O2S5/c1-33(2)15(27-17(41-7)11-23(45-27)39-21(13-35)37-5)9-19-25(33)30-32(43-19)26-31(47-30)28-16(34(26,3)4)10-20(44-28)29-18(42-8)12-24(46-29)40-22(14-36)38-6/h9-12H,1-4,7-8H3. The average molecular weight is 707 g/mol. The normalized spacial score (nSPS) is 15.7. The second-order valence-corrected chi connectivity index (χ2v) is 16.9. The maximum absolute atomic E-state index is 9.23. The maximum atomic E-state index is 9.23. The van der Waals surface area contributed by atoms with Crippen LogP contribution in [0.25, 0.3) is 50.2 Å². The van der Waals surface area contributed by atoms with Crippen molar-refractivity contribution in [1.82, 2.24) is 0 Å². The second-order valence-electron chi connectivity index (χ2n) is 11.7. The molecule has 47 heavy (non-hydrogen) atoms. The zero-order chi connectivity index (χ0) is 33.4. The van der Waals surface area contributed by atoms with E-state index in [1.807, 2.05) is 34.8 Å². The maximum Gasteiger partial charge on any atom is 0.350 e. The van der Waals surface area contributed by atoms with Crippen molar-refractivity contribution in [2.24, 2.45) is 9.98 Å². The number of nitriles is 2. The summed E-state index contributed by atoms with van der Waals surface area (Å²) in [5.74, 6) is 0.956. The first kappa shape index (κ1) is 31.0. The molecule has 0 unspecified atom stereocenters. The number of allylic oxidation sites excluding steroid dienone is 1. The van der Waals surface area contributed by atoms with Crippen LogP contribution in [0.3, 0.4) is 0 Å². The molecule has 5 heterocycles. The number of rotatable bonds is 6. The lowest BCUT2D eigenvalue weighted by molar-refractivity contribution is 0.415. The molecule has 0 fully saturated rings. The first-order valence-corrected chi connectivity index (χ1v) is 18.1. The van der Waals surface area contributed by atoms with Crippen molar-refractivity contribution in [1.29, 1.82) is 10.5 Å². The molecule has 0 bridgehead atoms. The summed E-state index contributed by atoms with van der Waals surface area (Å²) in [6.07, 6.45) is 2.27. The van der Waals surface area contributed by atoms with Gasteiger partial charge in [-0.3, -0.25) is 0 Å². The van der Waals surface area contributed by atoms with E-state index in [1.54, 1.807) is 37.7 Å². The third kappa shape index (κ3) is 4.51. The molecule has 0 saturated heterocycles. The van der Waals surface area contributed by atoms with Gasteiger partial charge in [-0.05, 0) is 34.4 Å². The smallest absolute Gasteiger partial charge is 0.350 e. The first-order valence-electron chi connectivity index (χ1n) is 14.1. The molecule has 0 N–H and O–H groups in total. The summed E-state index contributed by atoms with van der Waals surface area (Å²) >= 11 is 8.30. The van der Waals surface area contributed by atoms with Gasteiger partial charge in [0.2, 0.25) is 10.0 Å². The molecule has 0 radical (unpaired) electrons. The molecule has 0 atom stereocenters. The van der Waals surface area contributed by atoms with E-state index < -0.39 is 0 Å². The third-order valence-electron chi connectivity index (χ3n) is 8.48. The zero-order valence-electron chi connectivity index (χ0n) is 25.9. The SMILES string of the molecule is [C-]#[N+]C(C#N)=Nc1cc(OC)c(C2=Cc3sc4c5c(sc4c3C2(C)C)-c2sc(-c3sc(N=C(C#N)[N+]#[C-])cc3OC)cc2C5(C)C)s1. The van der Waals surface area contributed by atoms with E-state index in [9.17, 15) is 10.5 Å². The van der Waals surface area contributed by atoms with Gasteiger partial charge in [0.1, 0.15) is 23.6 Å². The van der Waals surface area contributed by atoms with Gasteiger partial charge in [0.15, 0.2) is 0 Å². The van der Waals surface area contributed by atoms with E-state index in [4.69, 9.17) is 22.6 Å². The Morgan fingerprint density at radius 2 is 1.30 bits per heavy atom. The summed E-state index contributed by atoms with van der Waals surface area (Å²) in [7, 11) is 3.25. The molecule has 5 aromatic rings. The van der Waals surface area contributed by atoms with Crippen LogP contribution in [-0.4, -0.2) is 25.9 Å². The van der Waals surface area contributed by atoms with E-state index in [-0.39, 0.29) is 22.5 Å². The number of ether oxygens (including phenoxy) is 2. The minimum Gasteiger partial charge on any atom is -0.495 e. The number of aliphatic imine (C=N–C) groups is 2. The van der Waals surface area contributed by atoms with E-state index in [0.717, 1.165) is 20.2 Å². The molecule has 2 aliphatic carbocycles. The Hall–Kier alpha value is -4.60. The molecule has 0 aromatic carbocycles. The lowest BCUT2D eigenvalue weighted by atomic mass is 9.80. The minimum absolute atomic E-state index is 0.201. The number of amidine groups is 2. The highest BCUT2D eigenvalue weighted by atomic mass is 32.1. The van der Waals surface area contributed by atoms with Crippen molar-refractivity contribution >= 4 is 99.4 Å². The van der Waals surface area contributed by atoms with Gasteiger partial charge in [0.05, 0.1) is 38.3 Å². The lowest BCUT2D eigenvalue weighted by Crippen LogP contribution is -2.16. The molecule has 0 saturated carbocycles. The van der Waals surface area contributed by atoms with Gasteiger partial charge in [-0.25, -0.2) is 10.5 Å². The Morgan fingerprint density at radius 3 is 1.87 bits per heavy atom. The van der Waals surface area contributed by atoms with Crippen molar-refractivity contribution in [3.05, 3.63) is 67.5 Å².